The van der Waals surface area contributed by atoms with Crippen LogP contribution in [-0.2, 0) is 9.31 Å². The van der Waals surface area contributed by atoms with Gasteiger partial charge in [-0.1, -0.05) is 0 Å². The van der Waals surface area contributed by atoms with E-state index >= 15 is 0 Å². The molecule has 0 aromatic heterocycles. The van der Waals surface area contributed by atoms with Crippen molar-refractivity contribution in [1.82, 2.24) is 0 Å². The summed E-state index contributed by atoms with van der Waals surface area (Å²) in [6.07, 6.45) is 0. The molecule has 1 fully saturated rings. The summed E-state index contributed by atoms with van der Waals surface area (Å²) < 4.78 is 10.2. The van der Waals surface area contributed by atoms with Gasteiger partial charge in [-0.05, 0) is 0 Å². The van der Waals surface area contributed by atoms with Gasteiger partial charge in [0.15, 0.2) is 0 Å². The molecular formula is C3H7BBrO2-. The highest BCUT2D eigenvalue weighted by atomic mass is 79.9. The molecule has 0 unspecified atom stereocenters. The van der Waals surface area contributed by atoms with E-state index < -0.39 is 5.38 Å². The van der Waals surface area contributed by atoms with Crippen LogP contribution in [0.5, 0.6) is 0 Å². The maximum Gasteiger partial charge on any atom is 0.304 e. The molecule has 1 heterocycles. The molecule has 0 radical (unpaired) electrons. The maximum absolute atomic E-state index is 5.10. The van der Waals surface area contributed by atoms with Crippen molar-refractivity contribution in [3.8, 4) is 0 Å². The van der Waals surface area contributed by atoms with E-state index in [1.807, 2.05) is 6.82 Å². The van der Waals surface area contributed by atoms with Gasteiger partial charge in [0, 0.05) is 13.2 Å². The Morgan fingerprint density at radius 3 is 2.00 bits per heavy atom. The third kappa shape index (κ3) is 1.44. The largest absolute Gasteiger partial charge is 0.558 e. The van der Waals surface area contributed by atoms with E-state index in [1.54, 1.807) is 0 Å². The average molecular weight is 166 g/mol. The van der Waals surface area contributed by atoms with Crippen LogP contribution >= 0.6 is 15.8 Å². The van der Waals surface area contributed by atoms with Gasteiger partial charge >= 0.3 is 5.38 Å². The van der Waals surface area contributed by atoms with Gasteiger partial charge < -0.3 is 9.31 Å². The zero-order valence-electron chi connectivity index (χ0n) is 4.19. The van der Waals surface area contributed by atoms with Crippen LogP contribution in [0, 0.1) is 0 Å². The van der Waals surface area contributed by atoms with Crippen LogP contribution in [0.2, 0.25) is 6.82 Å². The van der Waals surface area contributed by atoms with Crippen LogP contribution in [0.15, 0.2) is 0 Å². The average Bonchev–Trinajstić information content (AvgIpc) is 1.84. The van der Waals surface area contributed by atoms with Crippen molar-refractivity contribution in [3.05, 3.63) is 0 Å². The van der Waals surface area contributed by atoms with Crippen molar-refractivity contribution in [1.29, 1.82) is 0 Å². The Morgan fingerprint density at radius 1 is 1.43 bits per heavy atom. The van der Waals surface area contributed by atoms with Crippen LogP contribution < -0.4 is 0 Å². The lowest BCUT2D eigenvalue weighted by atomic mass is 9.96. The fraction of sp³-hybridized carbons (Fsp3) is 1.00. The topological polar surface area (TPSA) is 18.5 Å². The summed E-state index contributed by atoms with van der Waals surface area (Å²) in [4.78, 5) is 0. The van der Waals surface area contributed by atoms with Crippen molar-refractivity contribution in [2.75, 3.05) is 13.2 Å². The van der Waals surface area contributed by atoms with Crippen LogP contribution in [0.3, 0.4) is 0 Å². The minimum atomic E-state index is -1.05. The SMILES string of the molecule is C[B-]1(Br)OCCO1. The summed E-state index contributed by atoms with van der Waals surface area (Å²) in [5, 5.41) is -1.05. The van der Waals surface area contributed by atoms with Crippen molar-refractivity contribution in [2.24, 2.45) is 0 Å². The van der Waals surface area contributed by atoms with Crippen molar-refractivity contribution < 1.29 is 9.31 Å². The van der Waals surface area contributed by atoms with Gasteiger partial charge in [-0.15, -0.1) is 6.82 Å². The molecule has 0 aromatic carbocycles. The molecule has 0 amide bonds. The minimum absolute atomic E-state index is 0.724. The van der Waals surface area contributed by atoms with E-state index in [2.05, 4.69) is 15.8 Å². The molecule has 1 saturated heterocycles. The first-order valence-electron chi connectivity index (χ1n) is 2.34. The molecule has 1 rings (SSSR count). The zero-order valence-corrected chi connectivity index (χ0v) is 5.77. The normalized spacial score (nSPS) is 28.3. The molecule has 1 aliphatic rings. The molecule has 0 N–H and O–H groups in total. The van der Waals surface area contributed by atoms with Gasteiger partial charge in [-0.25, -0.2) is 0 Å². The third-order valence-electron chi connectivity index (χ3n) is 0.914. The maximum atomic E-state index is 5.10. The van der Waals surface area contributed by atoms with Gasteiger partial charge in [0.1, 0.15) is 0 Å². The highest BCUT2D eigenvalue weighted by Crippen LogP contribution is 2.19. The summed E-state index contributed by atoms with van der Waals surface area (Å²) in [5.74, 6) is 0. The highest BCUT2D eigenvalue weighted by Gasteiger charge is 2.20. The Bertz CT molecular complexity index is 67.3. The van der Waals surface area contributed by atoms with Crippen LogP contribution in [0.4, 0.5) is 0 Å². The zero-order chi connectivity index (χ0) is 5.33. The Hall–Kier alpha value is 0.465. The molecule has 42 valence electrons. The van der Waals surface area contributed by atoms with Crippen molar-refractivity contribution >= 4 is 21.1 Å². The monoisotopic (exact) mass is 165 g/mol. The molecule has 0 aliphatic carbocycles. The van der Waals surface area contributed by atoms with E-state index in [-0.39, 0.29) is 0 Å². The molecule has 0 saturated carbocycles. The van der Waals surface area contributed by atoms with Crippen LogP contribution in [-0.4, -0.2) is 18.6 Å². The van der Waals surface area contributed by atoms with Gasteiger partial charge in [0.25, 0.3) is 0 Å². The molecule has 0 atom stereocenters. The first kappa shape index (κ1) is 5.60. The van der Waals surface area contributed by atoms with Gasteiger partial charge in [0.05, 0.1) is 0 Å². The molecule has 0 bridgehead atoms. The molecule has 0 spiro atoms. The number of hydrogen-bond donors (Lipinski definition) is 0. The summed E-state index contributed by atoms with van der Waals surface area (Å²) in [6, 6.07) is 0. The second-order valence-electron chi connectivity index (χ2n) is 1.71. The van der Waals surface area contributed by atoms with E-state index in [4.69, 9.17) is 9.31 Å². The summed E-state index contributed by atoms with van der Waals surface area (Å²) in [5.41, 5.74) is 0. The first-order chi connectivity index (χ1) is 3.21. The van der Waals surface area contributed by atoms with Gasteiger partial charge in [-0.3, -0.25) is 15.8 Å². The fourth-order valence-electron chi connectivity index (χ4n) is 0.565. The lowest BCUT2D eigenvalue weighted by molar-refractivity contribution is 0.365. The van der Waals surface area contributed by atoms with Crippen molar-refractivity contribution in [2.45, 2.75) is 6.82 Å². The van der Waals surface area contributed by atoms with Crippen LogP contribution in [0.25, 0.3) is 0 Å². The molecular weight excluding hydrogens is 159 g/mol. The van der Waals surface area contributed by atoms with Gasteiger partial charge in [0.2, 0.25) is 0 Å². The fourth-order valence-corrected chi connectivity index (χ4v) is 0.939. The summed E-state index contributed by atoms with van der Waals surface area (Å²) >= 11 is 3.26. The van der Waals surface area contributed by atoms with Gasteiger partial charge in [-0.2, -0.15) is 0 Å². The smallest absolute Gasteiger partial charge is 0.304 e. The molecule has 1 aliphatic heterocycles. The Balaban J connectivity index is 2.40. The molecule has 0 aromatic rings. The molecule has 7 heavy (non-hydrogen) atoms. The number of hydrogen-bond acceptors (Lipinski definition) is 2. The standard InChI is InChI=1S/C3H7BBrO2/c1-4(5)6-2-3-7-4/h2-3H2,1H3/q-1. The van der Waals surface area contributed by atoms with Crippen LogP contribution in [0.1, 0.15) is 0 Å². The van der Waals surface area contributed by atoms with E-state index in [1.165, 1.54) is 0 Å². The number of halogens is 1. The quantitative estimate of drug-likeness (QED) is 0.499. The lowest BCUT2D eigenvalue weighted by Crippen LogP contribution is -2.22. The summed E-state index contributed by atoms with van der Waals surface area (Å²) in [6.45, 7) is 3.34. The summed E-state index contributed by atoms with van der Waals surface area (Å²) in [7, 11) is 0. The number of rotatable bonds is 0. The lowest BCUT2D eigenvalue weighted by Gasteiger charge is -2.20. The van der Waals surface area contributed by atoms with Crippen molar-refractivity contribution in [3.63, 3.8) is 0 Å². The Labute approximate surface area is 51.1 Å². The molecule has 2 nitrogen and oxygen atoms in total. The predicted molar refractivity (Wildman–Crippen MR) is 32.4 cm³/mol. The van der Waals surface area contributed by atoms with E-state index in [0.29, 0.717) is 0 Å². The van der Waals surface area contributed by atoms with E-state index in [0.717, 1.165) is 13.2 Å². The minimum Gasteiger partial charge on any atom is -0.558 e. The predicted octanol–water partition coefficient (Wildman–Crippen LogP) is 0.997. The Kier molecular flexibility index (Phi) is 1.41. The Morgan fingerprint density at radius 2 is 1.86 bits per heavy atom. The highest BCUT2D eigenvalue weighted by molar-refractivity contribution is 9.25. The second-order valence-corrected chi connectivity index (χ2v) is 3.37. The second kappa shape index (κ2) is 1.76. The third-order valence-corrected chi connectivity index (χ3v) is 1.44. The first-order valence-corrected chi connectivity index (χ1v) is 3.26. The molecule has 4 heteroatoms. The van der Waals surface area contributed by atoms with E-state index in [9.17, 15) is 0 Å².